The largest absolute Gasteiger partial charge is 0.457 e. The quantitative estimate of drug-likeness (QED) is 0.247. The van der Waals surface area contributed by atoms with Crippen LogP contribution in [0, 0.1) is 0 Å². The van der Waals surface area contributed by atoms with Gasteiger partial charge < -0.3 is 9.47 Å². The van der Waals surface area contributed by atoms with Crippen LogP contribution in [0.2, 0.25) is 0 Å². The van der Waals surface area contributed by atoms with Gasteiger partial charge in [-0.05, 0) is 72.8 Å². The summed E-state index contributed by atoms with van der Waals surface area (Å²) in [6.45, 7) is 0. The summed E-state index contributed by atoms with van der Waals surface area (Å²) >= 11 is 0. The summed E-state index contributed by atoms with van der Waals surface area (Å²) in [4.78, 5) is 62.1. The molecule has 0 atom stereocenters. The van der Waals surface area contributed by atoms with Gasteiger partial charge in [0.25, 0.3) is 23.6 Å². The summed E-state index contributed by atoms with van der Waals surface area (Å²) in [7, 11) is 0. The number of carbonyl (C=O) groups excluding carboxylic acids is 4. The van der Waals surface area contributed by atoms with E-state index in [0.717, 1.165) is 9.80 Å². The van der Waals surface area contributed by atoms with Gasteiger partial charge in [0, 0.05) is 18.5 Å². The molecule has 0 aliphatic carbocycles. The average molecular weight is 555 g/mol. The van der Waals surface area contributed by atoms with Crippen LogP contribution in [0.15, 0.2) is 109 Å². The Morgan fingerprint density at radius 1 is 0.429 bits per heavy atom. The molecule has 3 aromatic carbocycles. The van der Waals surface area contributed by atoms with E-state index < -0.39 is 23.6 Å². The van der Waals surface area contributed by atoms with Gasteiger partial charge in [-0.2, -0.15) is 0 Å². The number of benzene rings is 3. The fourth-order valence-corrected chi connectivity index (χ4v) is 4.83. The molecule has 4 heterocycles. The van der Waals surface area contributed by atoms with Crippen LogP contribution in [0.1, 0.15) is 41.4 Å². The Bertz CT molecular complexity index is 1790. The molecule has 4 amide bonds. The van der Waals surface area contributed by atoms with Gasteiger partial charge in [0.15, 0.2) is 0 Å². The highest BCUT2D eigenvalue weighted by atomic mass is 16.5. The Morgan fingerprint density at radius 3 is 1.29 bits per heavy atom. The Morgan fingerprint density at radius 2 is 0.857 bits per heavy atom. The molecule has 5 aromatic rings. The first-order valence-electron chi connectivity index (χ1n) is 12.8. The molecule has 7 rings (SSSR count). The number of amides is 4. The monoisotopic (exact) mass is 554 g/mol. The molecule has 0 N–H and O–H groups in total. The standard InChI is InChI=1S/C32H18N4O6/c37-29-23-12-10-21(17-25(23)31(39)35(29)27-8-1-3-14-33-27)41-19-6-5-7-20(16-19)42-22-11-13-24-26(18-22)32(40)36(30(24)38)28-9-2-4-15-34-28/h1-18H. The van der Waals surface area contributed by atoms with Gasteiger partial charge in [-0.1, -0.05) is 18.2 Å². The summed E-state index contributed by atoms with van der Waals surface area (Å²) in [6.07, 6.45) is 3.03. The van der Waals surface area contributed by atoms with Crippen molar-refractivity contribution in [3.63, 3.8) is 0 Å². The van der Waals surface area contributed by atoms with E-state index in [1.54, 1.807) is 84.9 Å². The van der Waals surface area contributed by atoms with Crippen LogP contribution >= 0.6 is 0 Å². The normalized spacial score (nSPS) is 13.8. The van der Waals surface area contributed by atoms with E-state index in [2.05, 4.69) is 9.97 Å². The number of anilines is 2. The highest BCUT2D eigenvalue weighted by molar-refractivity contribution is 6.35. The SMILES string of the molecule is O=C1c2ccc(Oc3cccc(Oc4ccc5c(c4)C(=O)N(c4ccccn4)C5=O)c3)cc2C(=O)N1c1ccccn1. The third kappa shape index (κ3) is 4.14. The molecule has 2 aromatic heterocycles. The van der Waals surface area contributed by atoms with Crippen molar-refractivity contribution >= 4 is 35.3 Å². The number of ether oxygens (including phenoxy) is 2. The minimum atomic E-state index is -0.484. The molecule has 0 saturated heterocycles. The van der Waals surface area contributed by atoms with E-state index in [0.29, 0.717) is 23.0 Å². The maximum Gasteiger partial charge on any atom is 0.267 e. The zero-order valence-corrected chi connectivity index (χ0v) is 21.6. The molecule has 0 bridgehead atoms. The zero-order chi connectivity index (χ0) is 28.8. The van der Waals surface area contributed by atoms with Crippen LogP contribution in [0.3, 0.4) is 0 Å². The van der Waals surface area contributed by atoms with Crippen molar-refractivity contribution in [1.29, 1.82) is 0 Å². The highest BCUT2D eigenvalue weighted by Crippen LogP contribution is 2.35. The van der Waals surface area contributed by atoms with E-state index in [9.17, 15) is 19.2 Å². The second-order valence-electron chi connectivity index (χ2n) is 9.36. The predicted molar refractivity (Wildman–Crippen MR) is 150 cm³/mol. The first-order chi connectivity index (χ1) is 20.5. The molecule has 2 aliphatic heterocycles. The number of rotatable bonds is 6. The van der Waals surface area contributed by atoms with Crippen LogP contribution in [0.25, 0.3) is 0 Å². The Labute approximate surface area is 238 Å². The molecule has 10 heteroatoms. The molecule has 0 saturated carbocycles. The van der Waals surface area contributed by atoms with Crippen LogP contribution in [0.5, 0.6) is 23.0 Å². The van der Waals surface area contributed by atoms with Gasteiger partial charge in [-0.3, -0.25) is 19.2 Å². The highest BCUT2D eigenvalue weighted by Gasteiger charge is 2.38. The first-order valence-corrected chi connectivity index (χ1v) is 12.8. The minimum Gasteiger partial charge on any atom is -0.457 e. The smallest absolute Gasteiger partial charge is 0.267 e. The molecule has 10 nitrogen and oxygen atoms in total. The Balaban J connectivity index is 1.10. The van der Waals surface area contributed by atoms with Gasteiger partial charge in [0.1, 0.15) is 34.6 Å². The predicted octanol–water partition coefficient (Wildman–Crippen LogP) is 5.66. The fraction of sp³-hybridized carbons (Fsp3) is 0. The Kier molecular flexibility index (Phi) is 5.79. The molecule has 0 unspecified atom stereocenters. The van der Waals surface area contributed by atoms with Crippen molar-refractivity contribution in [2.45, 2.75) is 0 Å². The number of pyridine rings is 2. The van der Waals surface area contributed by atoms with Gasteiger partial charge >= 0.3 is 0 Å². The number of hydrogen-bond acceptors (Lipinski definition) is 8. The summed E-state index contributed by atoms with van der Waals surface area (Å²) in [5.41, 5.74) is 0.961. The Hall–Kier alpha value is -6.16. The zero-order valence-electron chi connectivity index (χ0n) is 21.6. The fourth-order valence-electron chi connectivity index (χ4n) is 4.83. The third-order valence-electron chi connectivity index (χ3n) is 6.75. The lowest BCUT2D eigenvalue weighted by atomic mass is 10.1. The second-order valence-corrected chi connectivity index (χ2v) is 9.36. The lowest BCUT2D eigenvalue weighted by Gasteiger charge is -2.11. The number of nitrogens with zero attached hydrogens (tertiary/aromatic N) is 4. The minimum absolute atomic E-state index is 0.215. The van der Waals surface area contributed by atoms with Gasteiger partial charge in [0.05, 0.1) is 22.3 Å². The number of carbonyl (C=O) groups is 4. The lowest BCUT2D eigenvalue weighted by Crippen LogP contribution is -2.30. The summed E-state index contributed by atoms with van der Waals surface area (Å²) in [6, 6.07) is 26.1. The molecule has 0 fully saturated rings. The van der Waals surface area contributed by atoms with E-state index in [4.69, 9.17) is 9.47 Å². The average Bonchev–Trinajstić information content (AvgIpc) is 3.41. The van der Waals surface area contributed by atoms with Gasteiger partial charge in [0.2, 0.25) is 0 Å². The molecule has 0 spiro atoms. The van der Waals surface area contributed by atoms with E-state index in [-0.39, 0.29) is 33.9 Å². The second kappa shape index (κ2) is 9.79. The molecule has 42 heavy (non-hydrogen) atoms. The van der Waals surface area contributed by atoms with Crippen molar-refractivity contribution in [3.05, 3.63) is 132 Å². The number of hydrogen-bond donors (Lipinski definition) is 0. The van der Waals surface area contributed by atoms with E-state index in [1.165, 1.54) is 24.5 Å². The summed E-state index contributed by atoms with van der Waals surface area (Å²) < 4.78 is 12.0. The molecule has 0 radical (unpaired) electrons. The number of aromatic nitrogens is 2. The summed E-state index contributed by atoms with van der Waals surface area (Å²) in [5, 5.41) is 0. The molecule has 2 aliphatic rings. The third-order valence-corrected chi connectivity index (χ3v) is 6.75. The van der Waals surface area contributed by atoms with Crippen molar-refractivity contribution < 1.29 is 28.7 Å². The van der Waals surface area contributed by atoms with Crippen LogP contribution in [-0.4, -0.2) is 33.6 Å². The molecule has 202 valence electrons. The maximum absolute atomic E-state index is 13.0. The number of fused-ring (bicyclic) bond motifs is 2. The van der Waals surface area contributed by atoms with Gasteiger partial charge in [-0.15, -0.1) is 0 Å². The van der Waals surface area contributed by atoms with E-state index in [1.807, 2.05) is 0 Å². The summed E-state index contributed by atoms with van der Waals surface area (Å²) in [5.74, 6) is 0.166. The molecular formula is C32H18N4O6. The van der Waals surface area contributed by atoms with Crippen molar-refractivity contribution in [2.24, 2.45) is 0 Å². The van der Waals surface area contributed by atoms with Crippen LogP contribution in [0.4, 0.5) is 11.6 Å². The van der Waals surface area contributed by atoms with Crippen LogP contribution < -0.4 is 19.3 Å². The van der Waals surface area contributed by atoms with Crippen molar-refractivity contribution in [3.8, 4) is 23.0 Å². The van der Waals surface area contributed by atoms with Crippen LogP contribution in [-0.2, 0) is 0 Å². The number of imide groups is 2. The first kappa shape index (κ1) is 24.9. The van der Waals surface area contributed by atoms with Crippen molar-refractivity contribution in [1.82, 2.24) is 9.97 Å². The van der Waals surface area contributed by atoms with Crippen molar-refractivity contribution in [2.75, 3.05) is 9.80 Å². The van der Waals surface area contributed by atoms with Gasteiger partial charge in [-0.25, -0.2) is 19.8 Å². The molecular weight excluding hydrogens is 536 g/mol. The maximum atomic E-state index is 13.0. The van der Waals surface area contributed by atoms with E-state index >= 15 is 0 Å². The lowest BCUT2D eigenvalue weighted by molar-refractivity contribution is 0.0909. The topological polar surface area (TPSA) is 119 Å².